The predicted molar refractivity (Wildman–Crippen MR) is 128 cm³/mol. The molecule has 2 aliphatic heterocycles. The van der Waals surface area contributed by atoms with Crippen LogP contribution in [0.4, 0.5) is 11.4 Å². The van der Waals surface area contributed by atoms with E-state index < -0.39 is 11.8 Å². The third kappa shape index (κ3) is 5.09. The Morgan fingerprint density at radius 2 is 1.88 bits per heavy atom. The third-order valence-electron chi connectivity index (χ3n) is 6.12. The van der Waals surface area contributed by atoms with Crippen molar-refractivity contribution in [2.24, 2.45) is 0 Å². The number of ether oxygens (including phenoxy) is 1. The number of nitrogens with zero attached hydrogens (tertiary/aromatic N) is 2. The van der Waals surface area contributed by atoms with Crippen LogP contribution < -0.4 is 15.5 Å². The van der Waals surface area contributed by atoms with Crippen LogP contribution in [-0.2, 0) is 20.7 Å². The van der Waals surface area contributed by atoms with E-state index in [1.165, 1.54) is 23.0 Å². The molecule has 2 heterocycles. The zero-order valence-corrected chi connectivity index (χ0v) is 19.4. The molecule has 4 rings (SSSR count). The highest BCUT2D eigenvalue weighted by Crippen LogP contribution is 2.31. The smallest absolute Gasteiger partial charge is 0.313 e. The SMILES string of the molecule is CSc1ccccc1NC(=O)C(=O)NC[C@@H](c1ccc2c(c1)CCN2C)N1CCOCC1. The zero-order chi connectivity index (χ0) is 22.5. The van der Waals surface area contributed by atoms with Gasteiger partial charge in [-0.3, -0.25) is 14.5 Å². The molecule has 0 unspecified atom stereocenters. The molecule has 0 aliphatic carbocycles. The van der Waals surface area contributed by atoms with Crippen LogP contribution in [0.15, 0.2) is 47.4 Å². The fraction of sp³-hybridized carbons (Fsp3) is 0.417. The van der Waals surface area contributed by atoms with Gasteiger partial charge in [0.2, 0.25) is 0 Å². The van der Waals surface area contributed by atoms with Crippen molar-refractivity contribution in [3.8, 4) is 0 Å². The maximum Gasteiger partial charge on any atom is 0.313 e. The molecule has 0 spiro atoms. The van der Waals surface area contributed by atoms with Gasteiger partial charge in [-0.1, -0.05) is 24.3 Å². The maximum atomic E-state index is 12.6. The van der Waals surface area contributed by atoms with Gasteiger partial charge in [-0.05, 0) is 42.0 Å². The topological polar surface area (TPSA) is 73.9 Å². The molecular formula is C24H30N4O3S. The van der Waals surface area contributed by atoms with E-state index in [-0.39, 0.29) is 6.04 Å². The summed E-state index contributed by atoms with van der Waals surface area (Å²) in [6, 6.07) is 14.0. The first-order chi connectivity index (χ1) is 15.6. The number of nitrogens with one attached hydrogen (secondary N) is 2. The van der Waals surface area contributed by atoms with Gasteiger partial charge >= 0.3 is 11.8 Å². The number of hydrogen-bond donors (Lipinski definition) is 2. The molecule has 1 atom stereocenters. The summed E-state index contributed by atoms with van der Waals surface area (Å²) in [5.41, 5.74) is 4.41. The molecule has 8 heteroatoms. The van der Waals surface area contributed by atoms with Crippen molar-refractivity contribution in [1.29, 1.82) is 0 Å². The number of anilines is 2. The number of para-hydroxylation sites is 1. The maximum absolute atomic E-state index is 12.6. The molecule has 0 radical (unpaired) electrons. The van der Waals surface area contributed by atoms with Crippen molar-refractivity contribution in [3.63, 3.8) is 0 Å². The Kier molecular flexibility index (Phi) is 7.34. The van der Waals surface area contributed by atoms with Gasteiger partial charge in [0.25, 0.3) is 0 Å². The van der Waals surface area contributed by atoms with Gasteiger partial charge in [-0.25, -0.2) is 0 Å². The van der Waals surface area contributed by atoms with Gasteiger partial charge in [-0.2, -0.15) is 0 Å². The Labute approximate surface area is 193 Å². The van der Waals surface area contributed by atoms with Crippen LogP contribution >= 0.6 is 11.8 Å². The first kappa shape index (κ1) is 22.6. The number of benzene rings is 2. The molecule has 7 nitrogen and oxygen atoms in total. The van der Waals surface area contributed by atoms with Gasteiger partial charge in [0.1, 0.15) is 0 Å². The molecule has 2 aromatic carbocycles. The highest BCUT2D eigenvalue weighted by atomic mass is 32.2. The Morgan fingerprint density at radius 1 is 1.09 bits per heavy atom. The fourth-order valence-electron chi connectivity index (χ4n) is 4.34. The second kappa shape index (κ2) is 10.4. The van der Waals surface area contributed by atoms with E-state index in [2.05, 4.69) is 45.7 Å². The molecule has 0 aromatic heterocycles. The molecule has 2 aromatic rings. The summed E-state index contributed by atoms with van der Waals surface area (Å²) in [5, 5.41) is 5.59. The van der Waals surface area contributed by atoms with Gasteiger partial charge in [0, 0.05) is 43.8 Å². The third-order valence-corrected chi connectivity index (χ3v) is 6.92. The molecule has 2 amide bonds. The number of rotatable bonds is 6. The Hall–Kier alpha value is -2.55. The lowest BCUT2D eigenvalue weighted by atomic mass is 10.0. The normalized spacial score (nSPS) is 17.0. The average Bonchev–Trinajstić information content (AvgIpc) is 3.20. The predicted octanol–water partition coefficient (Wildman–Crippen LogP) is 2.53. The van der Waals surface area contributed by atoms with Crippen molar-refractivity contribution in [3.05, 3.63) is 53.6 Å². The monoisotopic (exact) mass is 454 g/mol. The van der Waals surface area contributed by atoms with E-state index in [1.54, 1.807) is 6.07 Å². The first-order valence-electron chi connectivity index (χ1n) is 10.9. The van der Waals surface area contributed by atoms with Crippen LogP contribution in [0, 0.1) is 0 Å². The summed E-state index contributed by atoms with van der Waals surface area (Å²) in [4.78, 5) is 30.6. The number of carbonyl (C=O) groups is 2. The Morgan fingerprint density at radius 3 is 2.66 bits per heavy atom. The Bertz CT molecular complexity index is 977. The number of likely N-dealkylation sites (N-methyl/N-ethyl adjacent to an activating group) is 1. The molecule has 0 bridgehead atoms. The average molecular weight is 455 g/mol. The minimum Gasteiger partial charge on any atom is -0.379 e. The number of morpholine rings is 1. The zero-order valence-electron chi connectivity index (χ0n) is 18.6. The fourth-order valence-corrected chi connectivity index (χ4v) is 4.89. The van der Waals surface area contributed by atoms with Gasteiger partial charge in [-0.15, -0.1) is 11.8 Å². The molecule has 1 fully saturated rings. The molecule has 2 N–H and O–H groups in total. The highest BCUT2D eigenvalue weighted by molar-refractivity contribution is 7.98. The van der Waals surface area contributed by atoms with Gasteiger partial charge in [0.05, 0.1) is 24.9 Å². The standard InChI is InChI=1S/C24H30N4O3S/c1-27-10-9-18-15-17(7-8-20(18)27)21(28-11-13-31-14-12-28)16-25-23(29)24(30)26-19-5-3-4-6-22(19)32-2/h3-8,15,21H,9-14,16H2,1-2H3,(H,25,29)(H,26,30)/t21-/m0/s1. The van der Waals surface area contributed by atoms with Crippen molar-refractivity contribution in [2.75, 3.05) is 62.9 Å². The summed E-state index contributed by atoms with van der Waals surface area (Å²) < 4.78 is 5.52. The summed E-state index contributed by atoms with van der Waals surface area (Å²) in [7, 11) is 2.11. The molecule has 170 valence electrons. The summed E-state index contributed by atoms with van der Waals surface area (Å²) in [5.74, 6) is -1.28. The van der Waals surface area contributed by atoms with Crippen molar-refractivity contribution < 1.29 is 14.3 Å². The summed E-state index contributed by atoms with van der Waals surface area (Å²) in [6.07, 6.45) is 2.96. The number of carbonyl (C=O) groups excluding carboxylic acids is 2. The van der Waals surface area contributed by atoms with E-state index in [4.69, 9.17) is 4.74 Å². The minimum atomic E-state index is -0.650. The number of thioether (sulfide) groups is 1. The van der Waals surface area contributed by atoms with Crippen LogP contribution in [0.25, 0.3) is 0 Å². The molecule has 32 heavy (non-hydrogen) atoms. The minimum absolute atomic E-state index is 0.00894. The van der Waals surface area contributed by atoms with Crippen LogP contribution in [-0.4, -0.2) is 69.4 Å². The lowest BCUT2D eigenvalue weighted by Crippen LogP contribution is -2.45. The Balaban J connectivity index is 1.45. The van der Waals surface area contributed by atoms with Crippen molar-refractivity contribution in [2.45, 2.75) is 17.4 Å². The largest absolute Gasteiger partial charge is 0.379 e. The van der Waals surface area contributed by atoms with Crippen LogP contribution in [0.5, 0.6) is 0 Å². The lowest BCUT2D eigenvalue weighted by Gasteiger charge is -2.35. The van der Waals surface area contributed by atoms with E-state index in [9.17, 15) is 9.59 Å². The van der Waals surface area contributed by atoms with E-state index in [1.807, 2.05) is 24.5 Å². The second-order valence-corrected chi connectivity index (χ2v) is 8.94. The number of hydrogen-bond acceptors (Lipinski definition) is 6. The van der Waals surface area contributed by atoms with E-state index in [0.29, 0.717) is 25.4 Å². The first-order valence-corrected chi connectivity index (χ1v) is 12.2. The van der Waals surface area contributed by atoms with Crippen molar-refractivity contribution >= 4 is 35.0 Å². The van der Waals surface area contributed by atoms with E-state index in [0.717, 1.165) is 36.5 Å². The second-order valence-electron chi connectivity index (χ2n) is 8.09. The highest BCUT2D eigenvalue weighted by Gasteiger charge is 2.26. The molecule has 0 saturated carbocycles. The van der Waals surface area contributed by atoms with E-state index >= 15 is 0 Å². The summed E-state index contributed by atoms with van der Waals surface area (Å²) in [6.45, 7) is 4.32. The van der Waals surface area contributed by atoms with Gasteiger partial charge < -0.3 is 20.3 Å². The molecule has 1 saturated heterocycles. The molecular weight excluding hydrogens is 424 g/mol. The van der Waals surface area contributed by atoms with Crippen LogP contribution in [0.1, 0.15) is 17.2 Å². The van der Waals surface area contributed by atoms with Crippen molar-refractivity contribution in [1.82, 2.24) is 10.2 Å². The quantitative estimate of drug-likeness (QED) is 0.516. The van der Waals surface area contributed by atoms with Crippen LogP contribution in [0.2, 0.25) is 0 Å². The number of fused-ring (bicyclic) bond motifs is 1. The number of amides is 2. The lowest BCUT2D eigenvalue weighted by molar-refractivity contribution is -0.136. The van der Waals surface area contributed by atoms with Crippen LogP contribution in [0.3, 0.4) is 0 Å². The summed E-state index contributed by atoms with van der Waals surface area (Å²) >= 11 is 1.52. The van der Waals surface area contributed by atoms with Gasteiger partial charge in [0.15, 0.2) is 0 Å². The molecule has 2 aliphatic rings.